The van der Waals surface area contributed by atoms with Gasteiger partial charge < -0.3 is 4.90 Å². The molecule has 1 unspecified atom stereocenters. The van der Waals surface area contributed by atoms with E-state index in [2.05, 4.69) is 24.0 Å². The predicted molar refractivity (Wildman–Crippen MR) is 70.3 cm³/mol. The van der Waals surface area contributed by atoms with Gasteiger partial charge in [0.25, 0.3) is 5.91 Å². The van der Waals surface area contributed by atoms with Gasteiger partial charge in [-0.1, -0.05) is 25.4 Å². The molecule has 1 atom stereocenters. The molecule has 0 spiro atoms. The predicted octanol–water partition coefficient (Wildman–Crippen LogP) is 2.60. The fourth-order valence-electron chi connectivity index (χ4n) is 2.27. The van der Waals surface area contributed by atoms with Crippen molar-refractivity contribution < 1.29 is 4.79 Å². The maximum absolute atomic E-state index is 12.3. The Morgan fingerprint density at radius 1 is 1.50 bits per heavy atom. The third-order valence-corrected chi connectivity index (χ3v) is 3.58. The summed E-state index contributed by atoms with van der Waals surface area (Å²) < 4.78 is 0. The van der Waals surface area contributed by atoms with Crippen molar-refractivity contribution in [2.24, 2.45) is 5.92 Å². The van der Waals surface area contributed by atoms with Gasteiger partial charge in [0.1, 0.15) is 0 Å². The fraction of sp³-hybridized carbons (Fsp3) is 0.538. The molecule has 0 aliphatic carbocycles. The minimum absolute atomic E-state index is 0.00208. The van der Waals surface area contributed by atoms with Crippen molar-refractivity contribution in [3.8, 4) is 0 Å². The topological polar surface area (TPSA) is 46.1 Å². The van der Waals surface area contributed by atoms with Crippen LogP contribution in [0.3, 0.4) is 0 Å². The Morgan fingerprint density at radius 3 is 2.94 bits per heavy atom. The number of hydrogen-bond acceptors (Lipinski definition) is 3. The SMILES string of the molecule is C[C](C)C1CCCN(C(=O)c2cnnc(Cl)c2)C1. The van der Waals surface area contributed by atoms with Gasteiger partial charge in [0.05, 0.1) is 11.8 Å². The highest BCUT2D eigenvalue weighted by Crippen LogP contribution is 2.25. The second-order valence-corrected chi connectivity index (χ2v) is 5.32. The largest absolute Gasteiger partial charge is 0.338 e. The summed E-state index contributed by atoms with van der Waals surface area (Å²) in [5, 5.41) is 7.63. The van der Waals surface area contributed by atoms with Crippen molar-refractivity contribution in [3.63, 3.8) is 0 Å². The normalized spacial score (nSPS) is 20.2. The summed E-state index contributed by atoms with van der Waals surface area (Å²) in [6.45, 7) is 5.86. The molecule has 1 radical (unpaired) electrons. The van der Waals surface area contributed by atoms with E-state index in [0.29, 0.717) is 11.5 Å². The Labute approximate surface area is 112 Å². The highest BCUT2D eigenvalue weighted by molar-refractivity contribution is 6.29. The van der Waals surface area contributed by atoms with Crippen LogP contribution < -0.4 is 0 Å². The third kappa shape index (κ3) is 2.99. The van der Waals surface area contributed by atoms with Gasteiger partial charge in [-0.2, -0.15) is 5.10 Å². The van der Waals surface area contributed by atoms with Crippen LogP contribution in [0.4, 0.5) is 0 Å². The van der Waals surface area contributed by atoms with Gasteiger partial charge in [0.2, 0.25) is 0 Å². The van der Waals surface area contributed by atoms with E-state index in [1.807, 2.05) is 4.90 Å². The van der Waals surface area contributed by atoms with E-state index in [1.165, 1.54) is 18.5 Å². The number of hydrogen-bond donors (Lipinski definition) is 0. The lowest BCUT2D eigenvalue weighted by atomic mass is 9.88. The van der Waals surface area contributed by atoms with Gasteiger partial charge in [-0.05, 0) is 30.7 Å². The van der Waals surface area contributed by atoms with Crippen molar-refractivity contribution in [3.05, 3.63) is 28.9 Å². The minimum atomic E-state index is -0.00208. The molecule has 1 aliphatic heterocycles. The molecule has 2 heterocycles. The third-order valence-electron chi connectivity index (χ3n) is 3.40. The van der Waals surface area contributed by atoms with E-state index in [9.17, 15) is 4.79 Å². The molecule has 4 nitrogen and oxygen atoms in total. The van der Waals surface area contributed by atoms with E-state index in [1.54, 1.807) is 6.07 Å². The van der Waals surface area contributed by atoms with Gasteiger partial charge >= 0.3 is 0 Å². The van der Waals surface area contributed by atoms with Crippen LogP contribution in [0.1, 0.15) is 37.0 Å². The Bertz CT molecular complexity index is 436. The minimum Gasteiger partial charge on any atom is -0.338 e. The maximum Gasteiger partial charge on any atom is 0.255 e. The number of likely N-dealkylation sites (tertiary alicyclic amines) is 1. The molecule has 0 N–H and O–H groups in total. The second kappa shape index (κ2) is 5.65. The first-order valence-electron chi connectivity index (χ1n) is 6.15. The lowest BCUT2D eigenvalue weighted by molar-refractivity contribution is 0.0681. The average molecular weight is 267 g/mol. The molecule has 2 rings (SSSR count). The number of aromatic nitrogens is 2. The van der Waals surface area contributed by atoms with Gasteiger partial charge in [-0.3, -0.25) is 4.79 Å². The Balaban J connectivity index is 2.09. The van der Waals surface area contributed by atoms with Crippen LogP contribution in [0.25, 0.3) is 0 Å². The van der Waals surface area contributed by atoms with Crippen LogP contribution in [0, 0.1) is 11.8 Å². The second-order valence-electron chi connectivity index (χ2n) is 4.93. The highest BCUT2D eigenvalue weighted by atomic mass is 35.5. The lowest BCUT2D eigenvalue weighted by Gasteiger charge is -2.34. The number of carbonyl (C=O) groups excluding carboxylic acids is 1. The molecule has 0 aromatic carbocycles. The quantitative estimate of drug-likeness (QED) is 0.827. The van der Waals surface area contributed by atoms with Crippen LogP contribution in [-0.4, -0.2) is 34.1 Å². The summed E-state index contributed by atoms with van der Waals surface area (Å²) in [5.74, 6) is 1.89. The van der Waals surface area contributed by atoms with E-state index in [4.69, 9.17) is 11.6 Å². The molecular formula is C13H17ClN3O. The molecule has 1 amide bonds. The van der Waals surface area contributed by atoms with E-state index in [-0.39, 0.29) is 11.1 Å². The first-order valence-corrected chi connectivity index (χ1v) is 6.53. The molecule has 1 aromatic rings. The average Bonchev–Trinajstić information content (AvgIpc) is 2.38. The number of carbonyl (C=O) groups is 1. The summed E-state index contributed by atoms with van der Waals surface area (Å²) in [6, 6.07) is 1.57. The number of piperidine rings is 1. The van der Waals surface area contributed by atoms with Crippen LogP contribution in [0.2, 0.25) is 5.15 Å². The van der Waals surface area contributed by atoms with Crippen LogP contribution >= 0.6 is 11.6 Å². The zero-order valence-electron chi connectivity index (χ0n) is 10.7. The molecule has 1 aromatic heterocycles. The summed E-state index contributed by atoms with van der Waals surface area (Å²) in [5.41, 5.74) is 0.518. The number of amides is 1. The molecule has 1 fully saturated rings. The Hall–Kier alpha value is -1.16. The lowest BCUT2D eigenvalue weighted by Crippen LogP contribution is -2.41. The standard InChI is InChI=1S/C13H17ClN3O/c1-9(2)10-4-3-5-17(8-10)13(18)11-6-12(14)16-15-7-11/h6-7,10H,3-5,8H2,1-2H3. The maximum atomic E-state index is 12.3. The van der Waals surface area contributed by atoms with E-state index >= 15 is 0 Å². The smallest absolute Gasteiger partial charge is 0.255 e. The van der Waals surface area contributed by atoms with Crippen molar-refractivity contribution in [1.82, 2.24) is 15.1 Å². The van der Waals surface area contributed by atoms with Crippen LogP contribution in [-0.2, 0) is 0 Å². The van der Waals surface area contributed by atoms with E-state index in [0.717, 1.165) is 19.5 Å². The van der Waals surface area contributed by atoms with Crippen molar-refractivity contribution >= 4 is 17.5 Å². The van der Waals surface area contributed by atoms with Gasteiger partial charge in [-0.15, -0.1) is 5.10 Å². The van der Waals surface area contributed by atoms with Crippen LogP contribution in [0.5, 0.6) is 0 Å². The van der Waals surface area contributed by atoms with Crippen LogP contribution in [0.15, 0.2) is 12.3 Å². The van der Waals surface area contributed by atoms with Crippen molar-refractivity contribution in [1.29, 1.82) is 0 Å². The monoisotopic (exact) mass is 266 g/mol. The van der Waals surface area contributed by atoms with Crippen molar-refractivity contribution in [2.75, 3.05) is 13.1 Å². The molecule has 18 heavy (non-hydrogen) atoms. The summed E-state index contributed by atoms with van der Waals surface area (Å²) in [4.78, 5) is 14.2. The number of nitrogens with zero attached hydrogens (tertiary/aromatic N) is 3. The number of halogens is 1. The summed E-state index contributed by atoms with van der Waals surface area (Å²) in [6.07, 6.45) is 3.69. The first kappa shape index (κ1) is 13.3. The Kier molecular flexibility index (Phi) is 4.17. The molecule has 97 valence electrons. The number of rotatable bonds is 2. The zero-order valence-corrected chi connectivity index (χ0v) is 11.4. The van der Waals surface area contributed by atoms with Gasteiger partial charge in [-0.25, -0.2) is 0 Å². The van der Waals surface area contributed by atoms with Gasteiger partial charge in [0.15, 0.2) is 5.15 Å². The van der Waals surface area contributed by atoms with Crippen molar-refractivity contribution in [2.45, 2.75) is 26.7 Å². The molecule has 0 bridgehead atoms. The first-order chi connectivity index (χ1) is 8.58. The molecule has 5 heteroatoms. The molecular weight excluding hydrogens is 250 g/mol. The molecule has 1 aliphatic rings. The highest BCUT2D eigenvalue weighted by Gasteiger charge is 2.26. The molecule has 1 saturated heterocycles. The fourth-order valence-corrected chi connectivity index (χ4v) is 2.43. The molecule has 0 saturated carbocycles. The summed E-state index contributed by atoms with van der Waals surface area (Å²) >= 11 is 5.76. The summed E-state index contributed by atoms with van der Waals surface area (Å²) in [7, 11) is 0. The van der Waals surface area contributed by atoms with Gasteiger partial charge in [0, 0.05) is 13.1 Å². The van der Waals surface area contributed by atoms with E-state index < -0.39 is 0 Å². The zero-order chi connectivity index (χ0) is 13.1. The Morgan fingerprint density at radius 2 is 2.28 bits per heavy atom.